The van der Waals surface area contributed by atoms with E-state index in [1.165, 1.54) is 16.7 Å². The second-order valence-corrected chi connectivity index (χ2v) is 6.54. The lowest BCUT2D eigenvalue weighted by Gasteiger charge is -2.19. The van der Waals surface area contributed by atoms with Gasteiger partial charge in [-0.2, -0.15) is 0 Å². The van der Waals surface area contributed by atoms with E-state index >= 15 is 0 Å². The number of aromatic nitrogens is 1. The van der Waals surface area contributed by atoms with Crippen molar-refractivity contribution in [3.63, 3.8) is 0 Å². The Balaban J connectivity index is 2.15. The largest absolute Gasteiger partial charge is 0.494 e. The van der Waals surface area contributed by atoms with Crippen LogP contribution in [0.5, 0.6) is 5.75 Å². The molecule has 0 bridgehead atoms. The number of ether oxygens (including phenoxy) is 1. The van der Waals surface area contributed by atoms with E-state index in [0.717, 1.165) is 16.7 Å². The zero-order chi connectivity index (χ0) is 15.7. The predicted molar refractivity (Wildman–Crippen MR) is 92.4 cm³/mol. The summed E-state index contributed by atoms with van der Waals surface area (Å²) >= 11 is 0. The van der Waals surface area contributed by atoms with Crippen LogP contribution in [0.15, 0.2) is 54.7 Å². The molecule has 0 atom stereocenters. The summed E-state index contributed by atoms with van der Waals surface area (Å²) in [6, 6.07) is 17.0. The molecule has 0 saturated carbocycles. The molecule has 0 fully saturated rings. The highest BCUT2D eigenvalue weighted by Gasteiger charge is 2.14. The molecule has 0 aliphatic rings. The summed E-state index contributed by atoms with van der Waals surface area (Å²) in [5.41, 5.74) is 4.80. The molecule has 2 nitrogen and oxygen atoms in total. The molecule has 0 aliphatic carbocycles. The molecule has 0 amide bonds. The van der Waals surface area contributed by atoms with E-state index in [2.05, 4.69) is 62.2 Å². The fourth-order valence-corrected chi connectivity index (χ4v) is 2.71. The SMILES string of the molecule is COc1ccc(-c2ccc(C(C)(C)C)cc2)c2cccnc12. The van der Waals surface area contributed by atoms with Crippen LogP contribution in [0, 0.1) is 0 Å². The third kappa shape index (κ3) is 2.57. The van der Waals surface area contributed by atoms with E-state index in [-0.39, 0.29) is 5.41 Å². The summed E-state index contributed by atoms with van der Waals surface area (Å²) < 4.78 is 5.42. The number of fused-ring (bicyclic) bond motifs is 1. The van der Waals surface area contributed by atoms with Crippen molar-refractivity contribution in [1.82, 2.24) is 4.98 Å². The third-order valence-corrected chi connectivity index (χ3v) is 4.01. The maximum absolute atomic E-state index is 5.42. The standard InChI is InChI=1S/C20H21NO/c1-20(2,3)15-9-7-14(8-10-15)16-11-12-18(22-4)19-17(16)6-5-13-21-19/h5-13H,1-4H3. The fraction of sp³-hybridized carbons (Fsp3) is 0.250. The first-order valence-corrected chi connectivity index (χ1v) is 7.53. The second kappa shape index (κ2) is 5.45. The molecule has 2 aromatic carbocycles. The van der Waals surface area contributed by atoms with Crippen LogP contribution in [0.4, 0.5) is 0 Å². The van der Waals surface area contributed by atoms with Crippen LogP contribution in [-0.4, -0.2) is 12.1 Å². The number of hydrogen-bond donors (Lipinski definition) is 0. The van der Waals surface area contributed by atoms with E-state index in [9.17, 15) is 0 Å². The van der Waals surface area contributed by atoms with Crippen molar-refractivity contribution in [3.8, 4) is 16.9 Å². The van der Waals surface area contributed by atoms with Crippen LogP contribution in [0.1, 0.15) is 26.3 Å². The van der Waals surface area contributed by atoms with E-state index in [1.54, 1.807) is 13.3 Å². The monoisotopic (exact) mass is 291 g/mol. The molecule has 2 heteroatoms. The van der Waals surface area contributed by atoms with Crippen molar-refractivity contribution in [3.05, 3.63) is 60.3 Å². The van der Waals surface area contributed by atoms with Crippen LogP contribution in [0.2, 0.25) is 0 Å². The van der Waals surface area contributed by atoms with Gasteiger partial charge >= 0.3 is 0 Å². The van der Waals surface area contributed by atoms with Gasteiger partial charge < -0.3 is 4.74 Å². The Hall–Kier alpha value is -2.35. The Labute approximate surface area is 131 Å². The van der Waals surface area contributed by atoms with Crippen molar-refractivity contribution in [2.24, 2.45) is 0 Å². The minimum Gasteiger partial charge on any atom is -0.494 e. The average Bonchev–Trinajstić information content (AvgIpc) is 2.53. The minimum atomic E-state index is 0.169. The molecule has 0 saturated heterocycles. The highest BCUT2D eigenvalue weighted by molar-refractivity contribution is 5.97. The third-order valence-electron chi connectivity index (χ3n) is 4.01. The quantitative estimate of drug-likeness (QED) is 0.646. The van der Waals surface area contributed by atoms with Gasteiger partial charge in [-0.05, 0) is 40.3 Å². The minimum absolute atomic E-state index is 0.169. The molecular formula is C20H21NO. The summed E-state index contributed by atoms with van der Waals surface area (Å²) in [5.74, 6) is 0.811. The Kier molecular flexibility index (Phi) is 3.61. The van der Waals surface area contributed by atoms with Gasteiger partial charge in [0.05, 0.1) is 7.11 Å². The molecule has 0 radical (unpaired) electrons. The average molecular weight is 291 g/mol. The smallest absolute Gasteiger partial charge is 0.145 e. The maximum atomic E-state index is 5.42. The Morgan fingerprint density at radius 3 is 2.27 bits per heavy atom. The van der Waals surface area contributed by atoms with Gasteiger partial charge in [0.1, 0.15) is 11.3 Å². The van der Waals surface area contributed by atoms with Gasteiger partial charge in [0.25, 0.3) is 0 Å². The number of hydrogen-bond acceptors (Lipinski definition) is 2. The summed E-state index contributed by atoms with van der Waals surface area (Å²) in [5, 5.41) is 1.12. The lowest BCUT2D eigenvalue weighted by Crippen LogP contribution is -2.10. The number of methoxy groups -OCH3 is 1. The van der Waals surface area contributed by atoms with Crippen molar-refractivity contribution >= 4 is 10.9 Å². The Bertz CT molecular complexity index is 798. The van der Waals surface area contributed by atoms with E-state index < -0.39 is 0 Å². The van der Waals surface area contributed by atoms with Crippen LogP contribution in [0.25, 0.3) is 22.0 Å². The van der Waals surface area contributed by atoms with Crippen molar-refractivity contribution in [1.29, 1.82) is 0 Å². The molecule has 0 spiro atoms. The van der Waals surface area contributed by atoms with Gasteiger partial charge in [-0.25, -0.2) is 0 Å². The lowest BCUT2D eigenvalue weighted by molar-refractivity contribution is 0.419. The predicted octanol–water partition coefficient (Wildman–Crippen LogP) is 5.21. The van der Waals surface area contributed by atoms with Gasteiger partial charge in [0, 0.05) is 11.6 Å². The van der Waals surface area contributed by atoms with Gasteiger partial charge in [0.15, 0.2) is 0 Å². The normalized spacial score (nSPS) is 11.6. The van der Waals surface area contributed by atoms with Crippen molar-refractivity contribution in [2.75, 3.05) is 7.11 Å². The van der Waals surface area contributed by atoms with Crippen molar-refractivity contribution in [2.45, 2.75) is 26.2 Å². The van der Waals surface area contributed by atoms with E-state index in [0.29, 0.717) is 0 Å². The molecule has 3 aromatic rings. The Morgan fingerprint density at radius 1 is 0.909 bits per heavy atom. The zero-order valence-corrected chi connectivity index (χ0v) is 13.6. The molecule has 112 valence electrons. The van der Waals surface area contributed by atoms with Crippen LogP contribution < -0.4 is 4.74 Å². The van der Waals surface area contributed by atoms with E-state index in [1.807, 2.05) is 12.1 Å². The molecule has 0 N–H and O–H groups in total. The number of pyridine rings is 1. The summed E-state index contributed by atoms with van der Waals surface area (Å²) in [7, 11) is 1.68. The van der Waals surface area contributed by atoms with Gasteiger partial charge in [-0.15, -0.1) is 0 Å². The zero-order valence-electron chi connectivity index (χ0n) is 13.6. The topological polar surface area (TPSA) is 22.1 Å². The van der Waals surface area contributed by atoms with Crippen molar-refractivity contribution < 1.29 is 4.74 Å². The van der Waals surface area contributed by atoms with E-state index in [4.69, 9.17) is 4.74 Å². The first kappa shape index (κ1) is 14.6. The molecule has 22 heavy (non-hydrogen) atoms. The van der Waals surface area contributed by atoms with Gasteiger partial charge in [0.2, 0.25) is 0 Å². The van der Waals surface area contributed by atoms with Gasteiger partial charge in [-0.1, -0.05) is 51.1 Å². The summed E-state index contributed by atoms with van der Waals surface area (Å²) in [6.45, 7) is 6.69. The maximum Gasteiger partial charge on any atom is 0.145 e. The number of rotatable bonds is 2. The molecule has 0 unspecified atom stereocenters. The fourth-order valence-electron chi connectivity index (χ4n) is 2.71. The Morgan fingerprint density at radius 2 is 1.64 bits per heavy atom. The summed E-state index contributed by atoms with van der Waals surface area (Å²) in [4.78, 5) is 4.47. The first-order valence-electron chi connectivity index (χ1n) is 7.53. The van der Waals surface area contributed by atoms with Crippen LogP contribution >= 0.6 is 0 Å². The van der Waals surface area contributed by atoms with Crippen LogP contribution in [0.3, 0.4) is 0 Å². The lowest BCUT2D eigenvalue weighted by atomic mass is 9.86. The second-order valence-electron chi connectivity index (χ2n) is 6.54. The molecule has 0 aliphatic heterocycles. The highest BCUT2D eigenvalue weighted by atomic mass is 16.5. The first-order chi connectivity index (χ1) is 10.5. The number of nitrogens with zero attached hydrogens (tertiary/aromatic N) is 1. The van der Waals surface area contributed by atoms with Gasteiger partial charge in [-0.3, -0.25) is 4.98 Å². The molecule has 3 rings (SSSR count). The molecule has 1 aromatic heterocycles. The summed E-state index contributed by atoms with van der Waals surface area (Å²) in [6.07, 6.45) is 1.80. The van der Waals surface area contributed by atoms with Crippen LogP contribution in [-0.2, 0) is 5.41 Å². The molecular weight excluding hydrogens is 270 g/mol. The number of benzene rings is 2. The highest BCUT2D eigenvalue weighted by Crippen LogP contribution is 2.34. The molecule has 1 heterocycles.